The van der Waals surface area contributed by atoms with Crippen molar-refractivity contribution in [1.82, 2.24) is 9.78 Å². The Balaban J connectivity index is 1.86. The zero-order valence-electron chi connectivity index (χ0n) is 17.9. The van der Waals surface area contributed by atoms with E-state index in [9.17, 15) is 23.7 Å². The van der Waals surface area contributed by atoms with E-state index in [1.807, 2.05) is 19.9 Å². The summed E-state index contributed by atoms with van der Waals surface area (Å²) in [7, 11) is 0. The van der Waals surface area contributed by atoms with E-state index in [4.69, 9.17) is 4.74 Å². The highest BCUT2D eigenvalue weighted by atomic mass is 19.3. The number of anilines is 1. The van der Waals surface area contributed by atoms with Crippen LogP contribution in [-0.2, 0) is 4.79 Å². The van der Waals surface area contributed by atoms with Gasteiger partial charge in [-0.15, -0.1) is 0 Å². The number of hydrogen-bond donors (Lipinski definition) is 1. The maximum absolute atomic E-state index is 12.9. The van der Waals surface area contributed by atoms with E-state index in [2.05, 4.69) is 10.4 Å². The molecule has 1 N–H and O–H groups in total. The maximum Gasteiger partial charge on any atom is 0.282 e. The topological polar surface area (TPSA) is 99.3 Å². The van der Waals surface area contributed by atoms with Crippen LogP contribution in [0.25, 0.3) is 0 Å². The first-order valence-corrected chi connectivity index (χ1v) is 9.74. The number of aromatic nitrogens is 2. The third-order valence-electron chi connectivity index (χ3n) is 4.71. The summed E-state index contributed by atoms with van der Waals surface area (Å²) in [6.45, 7) is 6.86. The molecule has 3 rings (SSSR count). The number of non-ortho nitro benzene ring substituents is 1. The Labute approximate surface area is 183 Å². The van der Waals surface area contributed by atoms with Gasteiger partial charge in [-0.3, -0.25) is 19.6 Å². The molecule has 3 aromatic rings. The Morgan fingerprint density at radius 3 is 2.25 bits per heavy atom. The molecule has 1 aromatic heterocycles. The van der Waals surface area contributed by atoms with Crippen LogP contribution in [0.1, 0.15) is 41.9 Å². The normalized spacial score (nSPS) is 12.0. The Morgan fingerprint density at radius 2 is 1.69 bits per heavy atom. The molecule has 168 valence electrons. The largest absolute Gasteiger partial charge is 0.457 e. The zero-order chi connectivity index (χ0) is 23.6. The van der Waals surface area contributed by atoms with Gasteiger partial charge in [0.25, 0.3) is 12.1 Å². The summed E-state index contributed by atoms with van der Waals surface area (Å²) in [5.41, 5.74) is 1.75. The van der Waals surface area contributed by atoms with Crippen LogP contribution in [-0.4, -0.2) is 20.6 Å². The number of rotatable bonds is 7. The lowest BCUT2D eigenvalue weighted by Crippen LogP contribution is -2.25. The molecule has 1 amide bonds. The van der Waals surface area contributed by atoms with Gasteiger partial charge in [-0.25, -0.2) is 8.78 Å². The first kappa shape index (κ1) is 22.9. The van der Waals surface area contributed by atoms with Crippen LogP contribution in [0.3, 0.4) is 0 Å². The van der Waals surface area contributed by atoms with Crippen LogP contribution in [0.2, 0.25) is 0 Å². The lowest BCUT2D eigenvalue weighted by Gasteiger charge is -2.15. The predicted molar refractivity (Wildman–Crippen MR) is 114 cm³/mol. The fourth-order valence-corrected chi connectivity index (χ4v) is 3.32. The number of aryl methyl sites for hydroxylation is 3. The molecule has 1 heterocycles. The summed E-state index contributed by atoms with van der Waals surface area (Å²) >= 11 is 0. The van der Waals surface area contributed by atoms with Gasteiger partial charge in [0.15, 0.2) is 0 Å². The Hall–Kier alpha value is -3.82. The fourth-order valence-electron chi connectivity index (χ4n) is 3.32. The quantitative estimate of drug-likeness (QED) is 0.375. The molecule has 0 radical (unpaired) electrons. The van der Waals surface area contributed by atoms with E-state index < -0.39 is 29.0 Å². The molecule has 0 spiro atoms. The van der Waals surface area contributed by atoms with Crippen LogP contribution in [0.4, 0.5) is 20.2 Å². The lowest BCUT2D eigenvalue weighted by molar-refractivity contribution is -0.384. The number of nitro groups is 1. The smallest absolute Gasteiger partial charge is 0.282 e. The summed E-state index contributed by atoms with van der Waals surface area (Å²) in [6.07, 6.45) is -2.76. The number of amides is 1. The van der Waals surface area contributed by atoms with E-state index >= 15 is 0 Å². The van der Waals surface area contributed by atoms with Crippen LogP contribution in [0.5, 0.6) is 11.5 Å². The molecule has 0 saturated heterocycles. The molecule has 8 nitrogen and oxygen atoms in total. The molecule has 2 aromatic carbocycles. The molecule has 0 aliphatic rings. The first-order valence-electron chi connectivity index (χ1n) is 9.74. The highest BCUT2D eigenvalue weighted by molar-refractivity contribution is 5.94. The van der Waals surface area contributed by atoms with Gasteiger partial charge in [0.05, 0.1) is 16.7 Å². The van der Waals surface area contributed by atoms with Crippen LogP contribution in [0.15, 0.2) is 42.5 Å². The summed E-state index contributed by atoms with van der Waals surface area (Å²) < 4.78 is 32.8. The predicted octanol–water partition coefficient (Wildman–Crippen LogP) is 5.65. The second kappa shape index (κ2) is 9.13. The first-order chi connectivity index (χ1) is 15.0. The second-order valence-corrected chi connectivity index (χ2v) is 7.52. The van der Waals surface area contributed by atoms with Gasteiger partial charge in [-0.1, -0.05) is 6.07 Å². The van der Waals surface area contributed by atoms with E-state index in [1.54, 1.807) is 19.1 Å². The fraction of sp³-hybridized carbons (Fsp3) is 0.273. The Kier molecular flexibility index (Phi) is 6.52. The average Bonchev–Trinajstić information content (AvgIpc) is 3.08. The van der Waals surface area contributed by atoms with Gasteiger partial charge < -0.3 is 10.1 Å². The third kappa shape index (κ3) is 5.26. The number of carbonyl (C=O) groups is 1. The molecule has 0 saturated carbocycles. The Morgan fingerprint density at radius 1 is 1.06 bits per heavy atom. The van der Waals surface area contributed by atoms with Crippen molar-refractivity contribution in [3.05, 3.63) is 75.1 Å². The van der Waals surface area contributed by atoms with Gasteiger partial charge >= 0.3 is 0 Å². The molecule has 0 aliphatic heterocycles. The minimum atomic E-state index is -2.76. The highest BCUT2D eigenvalue weighted by Crippen LogP contribution is 2.31. The zero-order valence-corrected chi connectivity index (χ0v) is 17.9. The van der Waals surface area contributed by atoms with Crippen molar-refractivity contribution in [2.75, 3.05) is 5.32 Å². The standard InChI is InChI=1S/C22H22F2N4O4/c1-12-5-13(2)7-18(6-12)32-19-10-16(9-17(11-19)28(30)31)25-22(29)15(4)27-14(3)8-20(26-27)21(23)24/h5-11,15,21H,1-4H3,(H,25,29)/t15-/m0/s1. The van der Waals surface area contributed by atoms with Crippen molar-refractivity contribution in [3.63, 3.8) is 0 Å². The number of carbonyl (C=O) groups excluding carboxylic acids is 1. The van der Waals surface area contributed by atoms with Crippen LogP contribution >= 0.6 is 0 Å². The van der Waals surface area contributed by atoms with E-state index in [0.29, 0.717) is 11.4 Å². The number of alkyl halides is 2. The number of ether oxygens (including phenoxy) is 1. The molecule has 10 heteroatoms. The number of benzene rings is 2. The molecule has 32 heavy (non-hydrogen) atoms. The van der Waals surface area contributed by atoms with Gasteiger partial charge in [0.2, 0.25) is 5.91 Å². The van der Waals surface area contributed by atoms with Crippen LogP contribution in [0, 0.1) is 30.9 Å². The van der Waals surface area contributed by atoms with Crippen molar-refractivity contribution in [2.24, 2.45) is 0 Å². The third-order valence-corrected chi connectivity index (χ3v) is 4.71. The van der Waals surface area contributed by atoms with Gasteiger partial charge in [0.1, 0.15) is 23.2 Å². The summed E-state index contributed by atoms with van der Waals surface area (Å²) in [5, 5.41) is 17.7. The second-order valence-electron chi connectivity index (χ2n) is 7.52. The van der Waals surface area contributed by atoms with Crippen molar-refractivity contribution in [2.45, 2.75) is 40.2 Å². The van der Waals surface area contributed by atoms with E-state index in [-0.39, 0.29) is 17.1 Å². The maximum atomic E-state index is 12.9. The van der Waals surface area contributed by atoms with Crippen LogP contribution < -0.4 is 10.1 Å². The molecular formula is C22H22F2N4O4. The van der Waals surface area contributed by atoms with Gasteiger partial charge in [-0.05, 0) is 57.0 Å². The Bertz CT molecular complexity index is 1160. The number of halogens is 2. The lowest BCUT2D eigenvalue weighted by atomic mass is 10.1. The molecule has 0 aliphatic carbocycles. The van der Waals surface area contributed by atoms with E-state index in [1.165, 1.54) is 35.9 Å². The minimum Gasteiger partial charge on any atom is -0.457 e. The van der Waals surface area contributed by atoms with E-state index in [0.717, 1.165) is 11.1 Å². The molecule has 0 unspecified atom stereocenters. The molecule has 1 atom stereocenters. The molecular weight excluding hydrogens is 422 g/mol. The molecule has 0 bridgehead atoms. The number of hydrogen-bond acceptors (Lipinski definition) is 5. The highest BCUT2D eigenvalue weighted by Gasteiger charge is 2.22. The monoisotopic (exact) mass is 444 g/mol. The summed E-state index contributed by atoms with van der Waals surface area (Å²) in [5.74, 6) is 0.0950. The van der Waals surface area contributed by atoms with Gasteiger partial charge in [0, 0.05) is 17.8 Å². The number of nitro benzene ring substituents is 1. The summed E-state index contributed by atoms with van der Waals surface area (Å²) in [6, 6.07) is 9.71. The average molecular weight is 444 g/mol. The summed E-state index contributed by atoms with van der Waals surface area (Å²) in [4.78, 5) is 23.5. The number of nitrogens with one attached hydrogen (secondary N) is 1. The van der Waals surface area contributed by atoms with Crippen molar-refractivity contribution in [1.29, 1.82) is 0 Å². The molecule has 0 fully saturated rings. The number of nitrogens with zero attached hydrogens (tertiary/aromatic N) is 3. The SMILES string of the molecule is Cc1cc(C)cc(Oc2cc(NC(=O)[C@H](C)n3nc(C(F)F)cc3C)cc([N+](=O)[O-])c2)c1. The van der Waals surface area contributed by atoms with Gasteiger partial charge in [-0.2, -0.15) is 5.10 Å². The minimum absolute atomic E-state index is 0.134. The van der Waals surface area contributed by atoms with Crippen molar-refractivity contribution in [3.8, 4) is 11.5 Å². The van der Waals surface area contributed by atoms with Crippen molar-refractivity contribution >= 4 is 17.3 Å². The van der Waals surface area contributed by atoms with Crippen molar-refractivity contribution < 1.29 is 23.2 Å².